The van der Waals surface area contributed by atoms with Crippen molar-refractivity contribution in [2.24, 2.45) is 5.92 Å². The molecule has 19 heavy (non-hydrogen) atoms. The number of alkyl halides is 4. The first-order valence-corrected chi connectivity index (χ1v) is 5.92. The first kappa shape index (κ1) is 15.7. The smallest absolute Gasteiger partial charge is 0.383 e. The second-order valence-corrected chi connectivity index (χ2v) is 4.27. The molecule has 1 atom stereocenters. The van der Waals surface area contributed by atoms with Crippen LogP contribution in [-0.4, -0.2) is 48.8 Å². The Balaban J connectivity index is 2.69. The van der Waals surface area contributed by atoms with Crippen LogP contribution in [0.2, 0.25) is 0 Å². The summed E-state index contributed by atoms with van der Waals surface area (Å²) in [4.78, 5) is 23.4. The number of hydrogen-bond donors (Lipinski definition) is 0. The summed E-state index contributed by atoms with van der Waals surface area (Å²) >= 11 is 0. The zero-order valence-electron chi connectivity index (χ0n) is 10.4. The third-order valence-corrected chi connectivity index (χ3v) is 2.89. The van der Waals surface area contributed by atoms with Crippen LogP contribution in [0.5, 0.6) is 0 Å². The van der Waals surface area contributed by atoms with Crippen LogP contribution in [0.15, 0.2) is 0 Å². The number of nitrogens with zero attached hydrogens (tertiary/aromatic N) is 1. The molecule has 0 aromatic heterocycles. The van der Waals surface area contributed by atoms with Gasteiger partial charge in [0, 0.05) is 13.1 Å². The third kappa shape index (κ3) is 3.57. The summed E-state index contributed by atoms with van der Waals surface area (Å²) in [6, 6.07) is 0. The molecule has 0 N–H and O–H groups in total. The molecule has 0 aromatic rings. The average molecular weight is 285 g/mol. The fourth-order valence-corrected chi connectivity index (χ4v) is 1.92. The van der Waals surface area contributed by atoms with Crippen molar-refractivity contribution in [1.82, 2.24) is 4.90 Å². The molecule has 0 aromatic carbocycles. The molecule has 0 spiro atoms. The lowest BCUT2D eigenvalue weighted by atomic mass is 9.97. The van der Waals surface area contributed by atoms with Crippen LogP contribution < -0.4 is 0 Å². The zero-order chi connectivity index (χ0) is 14.6. The van der Waals surface area contributed by atoms with Crippen LogP contribution in [0.3, 0.4) is 0 Å². The summed E-state index contributed by atoms with van der Waals surface area (Å²) in [5.74, 6) is -7.97. The molecule has 0 bridgehead atoms. The van der Waals surface area contributed by atoms with Crippen LogP contribution in [0.25, 0.3) is 0 Å². The number of amides is 1. The van der Waals surface area contributed by atoms with Gasteiger partial charge in [-0.25, -0.2) is 8.78 Å². The maximum absolute atomic E-state index is 12.9. The highest BCUT2D eigenvalue weighted by Crippen LogP contribution is 2.28. The van der Waals surface area contributed by atoms with E-state index in [9.17, 15) is 27.2 Å². The van der Waals surface area contributed by atoms with Crippen molar-refractivity contribution >= 4 is 11.9 Å². The maximum atomic E-state index is 12.9. The summed E-state index contributed by atoms with van der Waals surface area (Å²) in [7, 11) is 0. The Morgan fingerprint density at radius 3 is 2.58 bits per heavy atom. The second-order valence-electron chi connectivity index (χ2n) is 4.27. The van der Waals surface area contributed by atoms with Crippen molar-refractivity contribution in [1.29, 1.82) is 0 Å². The van der Waals surface area contributed by atoms with Gasteiger partial charge >= 0.3 is 18.3 Å². The lowest BCUT2D eigenvalue weighted by Crippen LogP contribution is -2.52. The van der Waals surface area contributed by atoms with Crippen molar-refractivity contribution in [3.63, 3.8) is 0 Å². The van der Waals surface area contributed by atoms with Crippen LogP contribution in [0, 0.1) is 5.92 Å². The summed E-state index contributed by atoms with van der Waals surface area (Å²) in [5.41, 5.74) is 0. The molecule has 110 valence electrons. The second kappa shape index (κ2) is 6.21. The van der Waals surface area contributed by atoms with Crippen molar-refractivity contribution in [3.05, 3.63) is 0 Å². The van der Waals surface area contributed by atoms with Gasteiger partial charge in [0.25, 0.3) is 5.91 Å². The number of hydrogen-bond acceptors (Lipinski definition) is 3. The van der Waals surface area contributed by atoms with Gasteiger partial charge in [0.15, 0.2) is 0 Å². The molecule has 0 saturated carbocycles. The lowest BCUT2D eigenvalue weighted by molar-refractivity contribution is -0.183. The molecule has 1 amide bonds. The normalized spacial score (nSPS) is 20.5. The summed E-state index contributed by atoms with van der Waals surface area (Å²) in [5, 5.41) is 0. The number of piperidine rings is 1. The van der Waals surface area contributed by atoms with Gasteiger partial charge in [0.1, 0.15) is 0 Å². The molecule has 1 aliphatic rings. The van der Waals surface area contributed by atoms with E-state index >= 15 is 0 Å². The largest absolute Gasteiger partial charge is 0.466 e. The van der Waals surface area contributed by atoms with Crippen molar-refractivity contribution in [3.8, 4) is 0 Å². The van der Waals surface area contributed by atoms with Gasteiger partial charge in [-0.2, -0.15) is 8.78 Å². The Hall–Kier alpha value is -1.34. The van der Waals surface area contributed by atoms with Crippen molar-refractivity contribution in [2.75, 3.05) is 19.7 Å². The number of halogens is 4. The minimum Gasteiger partial charge on any atom is -0.466 e. The number of likely N-dealkylation sites (tertiary alicyclic amines) is 1. The van der Waals surface area contributed by atoms with E-state index in [4.69, 9.17) is 4.74 Å². The molecule has 8 heteroatoms. The fourth-order valence-electron chi connectivity index (χ4n) is 1.92. The van der Waals surface area contributed by atoms with Crippen molar-refractivity contribution < 1.29 is 31.9 Å². The van der Waals surface area contributed by atoms with Gasteiger partial charge in [0.05, 0.1) is 12.5 Å². The molecule has 0 unspecified atom stereocenters. The monoisotopic (exact) mass is 285 g/mol. The van der Waals surface area contributed by atoms with E-state index in [1.54, 1.807) is 6.92 Å². The quantitative estimate of drug-likeness (QED) is 0.583. The maximum Gasteiger partial charge on any atom is 0.383 e. The van der Waals surface area contributed by atoms with Gasteiger partial charge in [-0.15, -0.1) is 0 Å². The standard InChI is InChI=1S/C11H15F4NO3/c1-2-19-8(17)7-4-3-5-16(6-7)10(18)11(14,15)9(12)13/h7,9H,2-6H2,1H3/t7-/m1/s1. The van der Waals surface area contributed by atoms with Gasteiger partial charge in [-0.05, 0) is 19.8 Å². The SMILES string of the molecule is CCOC(=O)[C@@H]1CCCN(C(=O)C(F)(F)C(F)F)C1. The van der Waals surface area contributed by atoms with E-state index in [0.717, 1.165) is 0 Å². The highest BCUT2D eigenvalue weighted by atomic mass is 19.3. The molecular weight excluding hydrogens is 270 g/mol. The highest BCUT2D eigenvalue weighted by Gasteiger charge is 2.52. The first-order chi connectivity index (χ1) is 8.80. The number of carbonyl (C=O) groups is 2. The van der Waals surface area contributed by atoms with Gasteiger partial charge in [-0.3, -0.25) is 9.59 Å². The number of rotatable bonds is 4. The first-order valence-electron chi connectivity index (χ1n) is 5.92. The molecule has 1 saturated heterocycles. The Bertz CT molecular complexity index is 349. The Morgan fingerprint density at radius 1 is 1.42 bits per heavy atom. The van der Waals surface area contributed by atoms with Crippen LogP contribution >= 0.6 is 0 Å². The van der Waals surface area contributed by atoms with Gasteiger partial charge in [0.2, 0.25) is 0 Å². The highest BCUT2D eigenvalue weighted by molar-refractivity contribution is 5.85. The molecule has 4 nitrogen and oxygen atoms in total. The van der Waals surface area contributed by atoms with Crippen LogP contribution in [0.1, 0.15) is 19.8 Å². The third-order valence-electron chi connectivity index (χ3n) is 2.89. The molecular formula is C11H15F4NO3. The molecule has 0 radical (unpaired) electrons. The molecule has 1 heterocycles. The summed E-state index contributed by atoms with van der Waals surface area (Å²) < 4.78 is 54.8. The van der Waals surface area contributed by atoms with E-state index in [-0.39, 0.29) is 19.7 Å². The Morgan fingerprint density at radius 2 is 2.05 bits per heavy atom. The lowest BCUT2D eigenvalue weighted by Gasteiger charge is -2.33. The van der Waals surface area contributed by atoms with E-state index in [1.807, 2.05) is 0 Å². The van der Waals surface area contributed by atoms with Gasteiger partial charge in [-0.1, -0.05) is 0 Å². The zero-order valence-corrected chi connectivity index (χ0v) is 10.4. The fraction of sp³-hybridized carbons (Fsp3) is 0.818. The number of carbonyl (C=O) groups excluding carboxylic acids is 2. The molecule has 1 rings (SSSR count). The topological polar surface area (TPSA) is 46.6 Å². The van der Waals surface area contributed by atoms with E-state index in [1.165, 1.54) is 0 Å². The van der Waals surface area contributed by atoms with Gasteiger partial charge < -0.3 is 9.64 Å². The van der Waals surface area contributed by atoms with E-state index in [0.29, 0.717) is 17.7 Å². The number of esters is 1. The van der Waals surface area contributed by atoms with Crippen LogP contribution in [0.4, 0.5) is 17.6 Å². The Labute approximate surface area is 107 Å². The minimum atomic E-state index is -4.71. The van der Waals surface area contributed by atoms with E-state index < -0.39 is 30.1 Å². The molecule has 1 aliphatic heterocycles. The Kier molecular flexibility index (Phi) is 5.13. The predicted molar refractivity (Wildman–Crippen MR) is 56.9 cm³/mol. The average Bonchev–Trinajstić information content (AvgIpc) is 2.38. The van der Waals surface area contributed by atoms with Crippen LogP contribution in [-0.2, 0) is 14.3 Å². The van der Waals surface area contributed by atoms with E-state index in [2.05, 4.69) is 0 Å². The minimum absolute atomic E-state index is 0.0585. The number of ether oxygens (including phenoxy) is 1. The predicted octanol–water partition coefficient (Wildman–Crippen LogP) is 1.69. The van der Waals surface area contributed by atoms with Crippen molar-refractivity contribution in [2.45, 2.75) is 32.1 Å². The summed E-state index contributed by atoms with van der Waals surface area (Å²) in [6.07, 6.45) is -3.36. The molecule has 0 aliphatic carbocycles. The molecule has 1 fully saturated rings. The summed E-state index contributed by atoms with van der Waals surface area (Å²) in [6.45, 7) is 1.36.